The number of imidazole rings is 1. The zero-order valence-corrected chi connectivity index (χ0v) is 22.1. The number of nitrogens with zero attached hydrogens (tertiary/aromatic N) is 7. The van der Waals surface area contributed by atoms with Gasteiger partial charge in [-0.3, -0.25) is 9.67 Å². The molecule has 1 aliphatic rings. The van der Waals surface area contributed by atoms with E-state index in [9.17, 15) is 0 Å². The number of methoxy groups -OCH3 is 2. The molecule has 0 atom stereocenters. The topological polar surface area (TPSA) is 118 Å². The highest BCUT2D eigenvalue weighted by atomic mass is 19.1. The van der Waals surface area contributed by atoms with Gasteiger partial charge in [-0.1, -0.05) is 0 Å². The van der Waals surface area contributed by atoms with Crippen molar-refractivity contribution in [3.05, 3.63) is 65.3 Å². The number of nitrogens with one attached hydrogen (secondary N) is 2. The fourth-order valence-corrected chi connectivity index (χ4v) is 4.44. The molecule has 11 nitrogen and oxygen atoms in total. The Balaban J connectivity index is 1.53. The number of hydrogen-bond donors (Lipinski definition) is 2. The van der Waals surface area contributed by atoms with Crippen molar-refractivity contribution >= 4 is 35.9 Å². The summed E-state index contributed by atoms with van der Waals surface area (Å²) in [7, 11) is 4.80. The van der Waals surface area contributed by atoms with E-state index in [0.29, 0.717) is 41.9 Å². The molecule has 0 fully saturated rings. The van der Waals surface area contributed by atoms with Crippen LogP contribution in [-0.2, 0) is 33.0 Å². The molecule has 12 heteroatoms. The molecule has 0 spiro atoms. The average Bonchev–Trinajstić information content (AvgIpc) is 3.57. The van der Waals surface area contributed by atoms with E-state index in [4.69, 9.17) is 19.4 Å². The van der Waals surface area contributed by atoms with Gasteiger partial charge in [0.25, 0.3) is 0 Å². The van der Waals surface area contributed by atoms with E-state index in [0.717, 1.165) is 29.9 Å². The number of ether oxygens (including phenoxy) is 2. The average molecular weight is 532 g/mol. The molecule has 4 heterocycles. The monoisotopic (exact) mass is 531 g/mol. The molecule has 0 aliphatic carbocycles. The van der Waals surface area contributed by atoms with Gasteiger partial charge in [0, 0.05) is 63.2 Å². The summed E-state index contributed by atoms with van der Waals surface area (Å²) in [6.07, 6.45) is 6.94. The maximum Gasteiger partial charge on any atom is 0.188 e. The molecule has 5 rings (SSSR count). The lowest BCUT2D eigenvalue weighted by atomic mass is 10.2. The summed E-state index contributed by atoms with van der Waals surface area (Å²) < 4.78 is 28.1. The Morgan fingerprint density at radius 3 is 2.82 bits per heavy atom. The number of rotatable bonds is 10. The number of halogens is 1. The fourth-order valence-electron chi connectivity index (χ4n) is 4.44. The van der Waals surface area contributed by atoms with Crippen molar-refractivity contribution in [3.8, 4) is 11.5 Å². The van der Waals surface area contributed by atoms with Crippen molar-refractivity contribution in [2.24, 2.45) is 17.0 Å². The largest absolute Gasteiger partial charge is 0.497 e. The van der Waals surface area contributed by atoms with Crippen LogP contribution >= 0.6 is 0 Å². The van der Waals surface area contributed by atoms with Gasteiger partial charge in [0.1, 0.15) is 23.1 Å². The Morgan fingerprint density at radius 1 is 1.23 bits per heavy atom. The number of aromatic nitrogens is 5. The first-order valence-corrected chi connectivity index (χ1v) is 12.4. The van der Waals surface area contributed by atoms with Gasteiger partial charge in [-0.25, -0.2) is 19.4 Å². The van der Waals surface area contributed by atoms with E-state index in [1.165, 1.54) is 20.3 Å². The first kappa shape index (κ1) is 26.0. The van der Waals surface area contributed by atoms with Crippen molar-refractivity contribution in [2.45, 2.75) is 25.9 Å². The molecule has 0 saturated heterocycles. The molecule has 0 unspecified atom stereocenters. The first-order chi connectivity index (χ1) is 19.0. The number of aromatic amines is 1. The van der Waals surface area contributed by atoms with Crippen LogP contribution in [0.1, 0.15) is 22.8 Å². The summed E-state index contributed by atoms with van der Waals surface area (Å²) in [5.74, 6) is 1.37. The summed E-state index contributed by atoms with van der Waals surface area (Å²) in [5, 5.41) is 7.49. The zero-order chi connectivity index (χ0) is 27.4. The van der Waals surface area contributed by atoms with Gasteiger partial charge in [0.2, 0.25) is 0 Å². The second-order valence-corrected chi connectivity index (χ2v) is 8.99. The Bertz CT molecular complexity index is 1490. The second kappa shape index (κ2) is 11.4. The molecule has 0 radical (unpaired) electrons. The number of aliphatic imine (C=N–C) groups is 2. The number of pyridine rings is 1. The third-order valence-electron chi connectivity index (χ3n) is 6.39. The van der Waals surface area contributed by atoms with Crippen molar-refractivity contribution in [3.63, 3.8) is 0 Å². The smallest absolute Gasteiger partial charge is 0.188 e. The SMILES string of the molecule is C=Nc1nc(N(Cc2nc3c([nH]2)CCNC3)c2cc(OC)cc(OC)c2F)ccc1/N=C\Cc1cnn(C)c1. The molecular weight excluding hydrogens is 501 g/mol. The van der Waals surface area contributed by atoms with Gasteiger partial charge < -0.3 is 24.7 Å². The maximum absolute atomic E-state index is 15.7. The van der Waals surface area contributed by atoms with Gasteiger partial charge in [-0.2, -0.15) is 5.10 Å². The molecule has 3 aromatic heterocycles. The van der Waals surface area contributed by atoms with Crippen LogP contribution in [0, 0.1) is 5.82 Å². The van der Waals surface area contributed by atoms with Crippen LogP contribution in [0.25, 0.3) is 0 Å². The minimum Gasteiger partial charge on any atom is -0.497 e. The van der Waals surface area contributed by atoms with Gasteiger partial charge in [0.05, 0.1) is 38.3 Å². The molecule has 4 aromatic rings. The molecule has 1 aromatic carbocycles. The third-order valence-corrected chi connectivity index (χ3v) is 6.39. The fraction of sp³-hybridized carbons (Fsp3) is 0.296. The number of anilines is 2. The van der Waals surface area contributed by atoms with Crippen LogP contribution in [0.15, 0.2) is 46.6 Å². The van der Waals surface area contributed by atoms with Crippen LogP contribution in [0.5, 0.6) is 11.5 Å². The molecular formula is C27H30FN9O2. The summed E-state index contributed by atoms with van der Waals surface area (Å²) >= 11 is 0. The van der Waals surface area contributed by atoms with Crippen molar-refractivity contribution in [2.75, 3.05) is 25.7 Å². The van der Waals surface area contributed by atoms with Gasteiger partial charge in [0.15, 0.2) is 17.4 Å². The van der Waals surface area contributed by atoms with E-state index in [1.807, 2.05) is 13.2 Å². The van der Waals surface area contributed by atoms with Crippen LogP contribution < -0.4 is 19.7 Å². The van der Waals surface area contributed by atoms with Crippen molar-refractivity contribution in [1.29, 1.82) is 0 Å². The van der Waals surface area contributed by atoms with Crippen LogP contribution in [-0.4, -0.2) is 58.4 Å². The number of aryl methyl sites for hydroxylation is 1. The standard InChI is InChI=1S/C27H30FN9O2/c1-29-27-20(31-10-7-17-13-32-36(2)15-17)5-6-25(35-27)37(16-24-33-19-8-9-30-14-21(19)34-24)22-11-18(38-3)12-23(39-4)26(22)28/h5-6,10-13,15,30H,1,7-9,14,16H2,2-4H3,(H,33,34)/b31-10-. The summed E-state index contributed by atoms with van der Waals surface area (Å²) in [6.45, 7) is 5.45. The molecule has 202 valence electrons. The highest BCUT2D eigenvalue weighted by Crippen LogP contribution is 2.38. The third kappa shape index (κ3) is 5.65. The molecule has 39 heavy (non-hydrogen) atoms. The van der Waals surface area contributed by atoms with Gasteiger partial charge in [-0.05, 0) is 24.4 Å². The highest BCUT2D eigenvalue weighted by molar-refractivity contribution is 5.74. The molecule has 2 N–H and O–H groups in total. The van der Waals surface area contributed by atoms with Crippen molar-refractivity contribution < 1.29 is 13.9 Å². The van der Waals surface area contributed by atoms with E-state index >= 15 is 4.39 Å². The Labute approximate surface area is 225 Å². The molecule has 0 amide bonds. The lowest BCUT2D eigenvalue weighted by molar-refractivity contribution is 0.374. The molecule has 0 bridgehead atoms. The normalized spacial score (nSPS) is 12.9. The Kier molecular flexibility index (Phi) is 7.64. The van der Waals surface area contributed by atoms with Crippen LogP contribution in [0.2, 0.25) is 0 Å². The van der Waals surface area contributed by atoms with E-state index in [2.05, 4.69) is 32.1 Å². The Morgan fingerprint density at radius 2 is 2.10 bits per heavy atom. The first-order valence-electron chi connectivity index (χ1n) is 12.4. The summed E-state index contributed by atoms with van der Waals surface area (Å²) in [4.78, 5) is 23.2. The minimum absolute atomic E-state index is 0.0518. The highest BCUT2D eigenvalue weighted by Gasteiger charge is 2.24. The predicted molar refractivity (Wildman–Crippen MR) is 148 cm³/mol. The minimum atomic E-state index is -0.551. The molecule has 1 aliphatic heterocycles. The second-order valence-electron chi connectivity index (χ2n) is 8.99. The maximum atomic E-state index is 15.7. The van der Waals surface area contributed by atoms with Crippen LogP contribution in [0.4, 0.5) is 27.4 Å². The Hall–Kier alpha value is -4.58. The van der Waals surface area contributed by atoms with Gasteiger partial charge >= 0.3 is 0 Å². The number of benzene rings is 1. The van der Waals surface area contributed by atoms with Crippen molar-refractivity contribution in [1.82, 2.24) is 30.0 Å². The number of fused-ring (bicyclic) bond motifs is 1. The van der Waals surface area contributed by atoms with Gasteiger partial charge in [-0.15, -0.1) is 0 Å². The quantitative estimate of drug-likeness (QED) is 0.298. The summed E-state index contributed by atoms with van der Waals surface area (Å²) in [5.41, 5.74) is 3.82. The predicted octanol–water partition coefficient (Wildman–Crippen LogP) is 3.96. The summed E-state index contributed by atoms with van der Waals surface area (Å²) in [6, 6.07) is 6.65. The lowest BCUT2D eigenvalue weighted by Crippen LogP contribution is -2.23. The lowest BCUT2D eigenvalue weighted by Gasteiger charge is -2.25. The van der Waals surface area contributed by atoms with E-state index in [-0.39, 0.29) is 18.0 Å². The number of hydrogen-bond acceptors (Lipinski definition) is 9. The van der Waals surface area contributed by atoms with Crippen LogP contribution in [0.3, 0.4) is 0 Å². The van der Waals surface area contributed by atoms with E-state index < -0.39 is 5.82 Å². The number of H-pyrrole nitrogens is 1. The van der Waals surface area contributed by atoms with E-state index in [1.54, 1.807) is 40.2 Å². The zero-order valence-electron chi connectivity index (χ0n) is 22.1. The molecule has 0 saturated carbocycles.